The number of nitrogens with one attached hydrogen (secondary N) is 3. The zero-order valence-electron chi connectivity index (χ0n) is 22.3. The van der Waals surface area contributed by atoms with Crippen molar-refractivity contribution < 1.29 is 18.4 Å². The summed E-state index contributed by atoms with van der Waals surface area (Å²) in [6.45, 7) is 4.97. The van der Waals surface area contributed by atoms with E-state index in [-0.39, 0.29) is 36.3 Å². The summed E-state index contributed by atoms with van der Waals surface area (Å²) in [4.78, 5) is 36.8. The molecule has 2 amide bonds. The molecule has 2 atom stereocenters. The second-order valence-electron chi connectivity index (χ2n) is 11.2. The van der Waals surface area contributed by atoms with Crippen LogP contribution in [0.1, 0.15) is 32.1 Å². The number of likely N-dealkylation sites (tertiary alicyclic amines) is 2. The number of carbonyl (C=O) groups excluding carboxylic acids is 2. The first-order valence-electron chi connectivity index (χ1n) is 14.2. The lowest BCUT2D eigenvalue weighted by atomic mass is 9.94. The molecule has 7 N–H and O–H groups in total. The van der Waals surface area contributed by atoms with Crippen LogP contribution in [0.4, 0.5) is 20.2 Å². The molecular formula is C26H41F2N9O2. The lowest BCUT2D eigenvalue weighted by Gasteiger charge is -2.36. The van der Waals surface area contributed by atoms with Gasteiger partial charge in [-0.3, -0.25) is 30.1 Å². The topological polar surface area (TPSA) is 145 Å². The van der Waals surface area contributed by atoms with Gasteiger partial charge in [0.25, 0.3) is 0 Å². The van der Waals surface area contributed by atoms with Gasteiger partial charge < -0.3 is 26.6 Å². The normalized spacial score (nSPS) is 27.8. The van der Waals surface area contributed by atoms with Crippen LogP contribution < -0.4 is 32.3 Å². The summed E-state index contributed by atoms with van der Waals surface area (Å²) >= 11 is 0. The molecule has 13 heteroatoms. The summed E-state index contributed by atoms with van der Waals surface area (Å²) in [7, 11) is 0. The summed E-state index contributed by atoms with van der Waals surface area (Å²) in [6.07, 6.45) is 4.50. The van der Waals surface area contributed by atoms with Gasteiger partial charge in [-0.15, -0.1) is 0 Å². The average Bonchev–Trinajstić information content (AvgIpc) is 3.62. The number of anilines is 2. The van der Waals surface area contributed by atoms with Crippen molar-refractivity contribution in [1.29, 1.82) is 0 Å². The van der Waals surface area contributed by atoms with E-state index >= 15 is 4.39 Å². The Morgan fingerprint density at radius 3 is 2.38 bits per heavy atom. The van der Waals surface area contributed by atoms with Gasteiger partial charge >= 0.3 is 0 Å². The van der Waals surface area contributed by atoms with Gasteiger partial charge in [0.15, 0.2) is 5.82 Å². The molecule has 5 heterocycles. The Labute approximate surface area is 228 Å². The minimum absolute atomic E-state index is 0.0743. The molecular weight excluding hydrogens is 508 g/mol. The molecule has 216 valence electrons. The maximum Gasteiger partial charge on any atom is 0.233 e. The Morgan fingerprint density at radius 2 is 1.72 bits per heavy atom. The Morgan fingerprint density at radius 1 is 1.03 bits per heavy atom. The molecule has 4 saturated heterocycles. The molecule has 0 bridgehead atoms. The minimum atomic E-state index is -1.08. The van der Waals surface area contributed by atoms with Crippen molar-refractivity contribution in [3.63, 3.8) is 0 Å². The largest absolute Gasteiger partial charge is 0.367 e. The first-order valence-corrected chi connectivity index (χ1v) is 14.2. The number of pyridine rings is 1. The quantitative estimate of drug-likeness (QED) is 0.292. The standard InChI is InChI=1S/C26H41F2N9O2/c27-17-11-32-24(33-12-17)21(23(29)30)25(38)34-20-14-31-13-19(28)22(20)36-8-3-16(4-9-36)26(39)37-10-5-18(15-37)35-6-1-2-7-35/h13-14,16-18,21,23-24,32-33H,1-12,15,29-30H2,(H,34,38)/t17?,18-,21?,24?/m0/s1. The fourth-order valence-corrected chi connectivity index (χ4v) is 6.47. The number of aromatic nitrogens is 1. The smallest absolute Gasteiger partial charge is 0.233 e. The second-order valence-corrected chi connectivity index (χ2v) is 11.2. The van der Waals surface area contributed by atoms with E-state index in [9.17, 15) is 14.0 Å². The minimum Gasteiger partial charge on any atom is -0.367 e. The van der Waals surface area contributed by atoms with Crippen LogP contribution >= 0.6 is 0 Å². The molecule has 4 aliphatic rings. The number of nitrogens with two attached hydrogens (primary N) is 2. The van der Waals surface area contributed by atoms with E-state index in [0.29, 0.717) is 32.0 Å². The number of hydrogen-bond donors (Lipinski definition) is 5. The zero-order valence-corrected chi connectivity index (χ0v) is 22.3. The third-order valence-electron chi connectivity index (χ3n) is 8.62. The third-order valence-corrected chi connectivity index (χ3v) is 8.62. The highest BCUT2D eigenvalue weighted by atomic mass is 19.1. The highest BCUT2D eigenvalue weighted by Gasteiger charge is 2.38. The number of alkyl halides is 1. The molecule has 0 aliphatic carbocycles. The lowest BCUT2D eigenvalue weighted by Crippen LogP contribution is -2.64. The Kier molecular flexibility index (Phi) is 8.92. The van der Waals surface area contributed by atoms with Gasteiger partial charge in [-0.05, 0) is 45.2 Å². The van der Waals surface area contributed by atoms with E-state index in [4.69, 9.17) is 11.5 Å². The molecule has 11 nitrogen and oxygen atoms in total. The molecule has 4 aliphatic heterocycles. The average molecular weight is 550 g/mol. The number of rotatable bonds is 7. The molecule has 0 spiro atoms. The Balaban J connectivity index is 1.20. The van der Waals surface area contributed by atoms with Crippen LogP contribution in [0.25, 0.3) is 0 Å². The molecule has 0 aromatic carbocycles. The number of piperidine rings is 1. The second kappa shape index (κ2) is 12.4. The van der Waals surface area contributed by atoms with Crippen LogP contribution in [0, 0.1) is 17.7 Å². The van der Waals surface area contributed by atoms with E-state index in [1.165, 1.54) is 19.0 Å². The molecule has 39 heavy (non-hydrogen) atoms. The lowest BCUT2D eigenvalue weighted by molar-refractivity contribution is -0.135. The van der Waals surface area contributed by atoms with Crippen LogP contribution in [-0.2, 0) is 9.59 Å². The maximum absolute atomic E-state index is 15.1. The number of amides is 2. The van der Waals surface area contributed by atoms with Gasteiger partial charge in [0.05, 0.1) is 36.3 Å². The highest BCUT2D eigenvalue weighted by molar-refractivity contribution is 5.96. The van der Waals surface area contributed by atoms with Crippen LogP contribution in [0.3, 0.4) is 0 Å². The number of nitrogens with zero attached hydrogens (tertiary/aromatic N) is 4. The van der Waals surface area contributed by atoms with Crippen molar-refractivity contribution in [2.75, 3.05) is 62.6 Å². The summed E-state index contributed by atoms with van der Waals surface area (Å²) in [5, 5.41) is 8.59. The molecule has 1 aromatic rings. The Bertz CT molecular complexity index is 1010. The fraction of sp³-hybridized carbons (Fsp3) is 0.731. The van der Waals surface area contributed by atoms with Crippen molar-refractivity contribution >= 4 is 23.2 Å². The van der Waals surface area contributed by atoms with Crippen LogP contribution in [0.5, 0.6) is 0 Å². The SMILES string of the molecule is NC(N)C(C(=O)Nc1cncc(F)c1N1CCC(C(=O)N2CC[C@H](N3CCCC3)C2)CC1)C1NCC(F)CN1. The van der Waals surface area contributed by atoms with Crippen LogP contribution in [0.2, 0.25) is 0 Å². The van der Waals surface area contributed by atoms with Crippen molar-refractivity contribution in [3.8, 4) is 0 Å². The van der Waals surface area contributed by atoms with Gasteiger partial charge in [0.2, 0.25) is 11.8 Å². The summed E-state index contributed by atoms with van der Waals surface area (Å²) in [5.41, 5.74) is 12.3. The number of hydrogen-bond acceptors (Lipinski definition) is 9. The highest BCUT2D eigenvalue weighted by Crippen LogP contribution is 2.33. The summed E-state index contributed by atoms with van der Waals surface area (Å²) in [6, 6.07) is 0.469. The van der Waals surface area contributed by atoms with Crippen LogP contribution in [-0.4, -0.2) is 104 Å². The predicted octanol–water partition coefficient (Wildman–Crippen LogP) is -0.211. The van der Waals surface area contributed by atoms with Crippen LogP contribution in [0.15, 0.2) is 12.4 Å². The summed E-state index contributed by atoms with van der Waals surface area (Å²) < 4.78 is 28.6. The fourth-order valence-electron chi connectivity index (χ4n) is 6.47. The van der Waals surface area contributed by atoms with E-state index in [2.05, 4.69) is 25.8 Å². The van der Waals surface area contributed by atoms with E-state index < -0.39 is 36.1 Å². The van der Waals surface area contributed by atoms with Crippen molar-refractivity contribution in [3.05, 3.63) is 18.2 Å². The molecule has 4 fully saturated rings. The van der Waals surface area contributed by atoms with Gasteiger partial charge in [0, 0.05) is 51.2 Å². The van der Waals surface area contributed by atoms with Gasteiger partial charge in [-0.1, -0.05) is 0 Å². The van der Waals surface area contributed by atoms with Crippen molar-refractivity contribution in [2.24, 2.45) is 23.3 Å². The van der Waals surface area contributed by atoms with Crippen molar-refractivity contribution in [2.45, 2.75) is 56.6 Å². The maximum atomic E-state index is 15.1. The first-order chi connectivity index (χ1) is 18.8. The molecule has 1 aromatic heterocycles. The summed E-state index contributed by atoms with van der Waals surface area (Å²) in [5.74, 6) is -1.91. The molecule has 0 radical (unpaired) electrons. The van der Waals surface area contributed by atoms with E-state index in [0.717, 1.165) is 38.8 Å². The monoisotopic (exact) mass is 549 g/mol. The molecule has 1 unspecified atom stereocenters. The van der Waals surface area contributed by atoms with E-state index in [1.54, 1.807) is 0 Å². The molecule has 5 rings (SSSR count). The van der Waals surface area contributed by atoms with Gasteiger partial charge in [0.1, 0.15) is 11.9 Å². The molecule has 0 saturated carbocycles. The van der Waals surface area contributed by atoms with Gasteiger partial charge in [-0.25, -0.2) is 8.78 Å². The number of halogens is 2. The predicted molar refractivity (Wildman–Crippen MR) is 144 cm³/mol. The van der Waals surface area contributed by atoms with Gasteiger partial charge in [-0.2, -0.15) is 0 Å². The number of carbonyl (C=O) groups is 2. The first kappa shape index (κ1) is 28.1. The Hall–Kier alpha value is -2.45. The van der Waals surface area contributed by atoms with E-state index in [1.807, 2.05) is 9.80 Å². The third kappa shape index (κ3) is 6.32. The van der Waals surface area contributed by atoms with Crippen molar-refractivity contribution in [1.82, 2.24) is 25.4 Å². The zero-order chi connectivity index (χ0) is 27.5.